The Balaban J connectivity index is 1.07. The lowest BCUT2D eigenvalue weighted by molar-refractivity contribution is 0.271. The van der Waals surface area contributed by atoms with Gasteiger partial charge in [-0.25, -0.2) is 0 Å². The van der Waals surface area contributed by atoms with Crippen LogP contribution in [0.25, 0.3) is 109 Å². The summed E-state index contributed by atoms with van der Waals surface area (Å²) in [5, 5.41) is 12.3. The minimum atomic E-state index is 0.0148. The lowest BCUT2D eigenvalue weighted by atomic mass is 9.83. The Bertz CT molecular complexity index is 3730. The van der Waals surface area contributed by atoms with Gasteiger partial charge in [0.25, 0.3) is 0 Å². The summed E-state index contributed by atoms with van der Waals surface area (Å²) in [6, 6.07) is 76.5. The zero-order chi connectivity index (χ0) is 41.4. The van der Waals surface area contributed by atoms with Crippen molar-refractivity contribution in [3.05, 3.63) is 236 Å². The Morgan fingerprint density at radius 3 is 1.44 bits per heavy atom. The number of hydrogen-bond acceptors (Lipinski definition) is 1. The number of fused-ring (bicyclic) bond motifs is 9. The van der Waals surface area contributed by atoms with Gasteiger partial charge in [-0.15, -0.1) is 0 Å². The van der Waals surface area contributed by atoms with E-state index in [4.69, 9.17) is 4.74 Å². The fraction of sp³-hybridized carbons (Fsp3) is 0.0323. The molecule has 0 N–H and O–H groups in total. The Morgan fingerprint density at radius 1 is 0.302 bits per heavy atom. The summed E-state index contributed by atoms with van der Waals surface area (Å²) < 4.78 is 6.67. The molecule has 0 spiro atoms. The first-order valence-corrected chi connectivity index (χ1v) is 22.0. The maximum Gasteiger partial charge on any atom is 0.132 e. The van der Waals surface area contributed by atoms with Crippen molar-refractivity contribution in [2.24, 2.45) is 0 Å². The molecule has 11 aromatic rings. The van der Waals surface area contributed by atoms with E-state index in [1.54, 1.807) is 0 Å². The summed E-state index contributed by atoms with van der Waals surface area (Å²) in [4.78, 5) is 0. The molecule has 0 amide bonds. The molecule has 1 aliphatic heterocycles. The lowest BCUT2D eigenvalue weighted by Crippen LogP contribution is -2.15. The SMILES string of the molecule is C1=CC2Oc3c(cc(-c4ccc5c(-c6cccc(-c7ccc8ccccc8c7)c6)c6ccccc6c(-c6cccc(-c7ccc8ccccc8c7)c6)c5c4)c4ccccc34)C2C=C1. The molecule has 1 nitrogen and oxygen atoms in total. The average molecular weight is 801 g/mol. The van der Waals surface area contributed by atoms with Crippen molar-refractivity contribution in [2.45, 2.75) is 12.0 Å². The number of ether oxygens (including phenoxy) is 1. The predicted octanol–water partition coefficient (Wildman–Crippen LogP) is 16.8. The highest BCUT2D eigenvalue weighted by atomic mass is 16.5. The van der Waals surface area contributed by atoms with Crippen molar-refractivity contribution < 1.29 is 4.74 Å². The molecule has 11 aromatic carbocycles. The van der Waals surface area contributed by atoms with Gasteiger partial charge in [-0.3, -0.25) is 0 Å². The van der Waals surface area contributed by atoms with Crippen molar-refractivity contribution in [3.8, 4) is 61.4 Å². The van der Waals surface area contributed by atoms with Crippen LogP contribution in [0, 0.1) is 0 Å². The molecule has 63 heavy (non-hydrogen) atoms. The van der Waals surface area contributed by atoms with Crippen molar-refractivity contribution in [1.82, 2.24) is 0 Å². The molecule has 2 atom stereocenters. The van der Waals surface area contributed by atoms with Crippen molar-refractivity contribution >= 4 is 53.9 Å². The average Bonchev–Trinajstić information content (AvgIpc) is 3.74. The Hall–Kier alpha value is -8.00. The molecule has 0 saturated carbocycles. The van der Waals surface area contributed by atoms with Crippen LogP contribution in [0.4, 0.5) is 0 Å². The quantitative estimate of drug-likeness (QED) is 0.158. The molecule has 0 bridgehead atoms. The van der Waals surface area contributed by atoms with Gasteiger partial charge < -0.3 is 4.74 Å². The zero-order valence-electron chi connectivity index (χ0n) is 34.5. The van der Waals surface area contributed by atoms with Gasteiger partial charge >= 0.3 is 0 Å². The maximum absolute atomic E-state index is 6.67. The highest BCUT2D eigenvalue weighted by Crippen LogP contribution is 2.50. The van der Waals surface area contributed by atoms with Gasteiger partial charge in [0.1, 0.15) is 11.9 Å². The van der Waals surface area contributed by atoms with Crippen LogP contribution in [-0.2, 0) is 0 Å². The van der Waals surface area contributed by atoms with E-state index in [0.717, 1.165) is 11.1 Å². The third-order valence-electron chi connectivity index (χ3n) is 13.5. The van der Waals surface area contributed by atoms with Crippen LogP contribution >= 0.6 is 0 Å². The molecule has 2 unspecified atom stereocenters. The molecule has 294 valence electrons. The topological polar surface area (TPSA) is 9.23 Å². The van der Waals surface area contributed by atoms with E-state index in [0.29, 0.717) is 0 Å². The molecular weight excluding hydrogens is 761 g/mol. The monoisotopic (exact) mass is 800 g/mol. The Labute approximate surface area is 366 Å². The molecule has 0 saturated heterocycles. The summed E-state index contributed by atoms with van der Waals surface area (Å²) in [6.45, 7) is 0. The van der Waals surface area contributed by atoms with Gasteiger partial charge in [-0.2, -0.15) is 0 Å². The van der Waals surface area contributed by atoms with Crippen LogP contribution in [0.3, 0.4) is 0 Å². The highest BCUT2D eigenvalue weighted by molar-refractivity contribution is 6.22. The van der Waals surface area contributed by atoms with Gasteiger partial charge in [0.2, 0.25) is 0 Å². The second-order valence-corrected chi connectivity index (χ2v) is 17.1. The standard InChI is InChI=1S/C62H40O/c1-3-15-41-33-45(29-27-39(41)13-1)43-17-11-19-48(35-43)60-52-23-6-7-24-53(52)61(49-20-12-18-44(36-49)46-30-28-40-14-2-4-16-42(40)34-46)57-37-47(31-32-54(57)60)56-38-58-51-22-9-10-26-59(51)63-62(58)55-25-8-5-21-50(55)56/h1-38,51,59H. The normalized spacial score (nSPS) is 15.3. The summed E-state index contributed by atoms with van der Waals surface area (Å²) in [6.07, 6.45) is 8.76. The smallest absolute Gasteiger partial charge is 0.132 e. The Morgan fingerprint density at radius 2 is 0.794 bits per heavy atom. The van der Waals surface area contributed by atoms with Crippen LogP contribution in [-0.4, -0.2) is 6.10 Å². The van der Waals surface area contributed by atoms with Crippen molar-refractivity contribution in [3.63, 3.8) is 0 Å². The van der Waals surface area contributed by atoms with Crippen molar-refractivity contribution in [2.75, 3.05) is 0 Å². The summed E-state index contributed by atoms with van der Waals surface area (Å²) in [5.74, 6) is 1.19. The van der Waals surface area contributed by atoms with Crippen molar-refractivity contribution in [1.29, 1.82) is 0 Å². The van der Waals surface area contributed by atoms with Crippen LogP contribution in [0.5, 0.6) is 5.75 Å². The van der Waals surface area contributed by atoms with E-state index in [2.05, 4.69) is 231 Å². The van der Waals surface area contributed by atoms with Crippen LogP contribution < -0.4 is 4.74 Å². The first-order valence-electron chi connectivity index (χ1n) is 22.0. The molecule has 0 aromatic heterocycles. The van der Waals surface area contributed by atoms with Gasteiger partial charge in [-0.1, -0.05) is 188 Å². The first-order chi connectivity index (χ1) is 31.2. The molecule has 1 aliphatic carbocycles. The second kappa shape index (κ2) is 14.3. The number of allylic oxidation sites excluding steroid dienone is 2. The molecular formula is C62H40O. The minimum absolute atomic E-state index is 0.0148. The van der Waals surface area contributed by atoms with E-state index in [9.17, 15) is 0 Å². The molecule has 0 fully saturated rings. The summed E-state index contributed by atoms with van der Waals surface area (Å²) in [5.41, 5.74) is 13.4. The molecule has 2 aliphatic rings. The van der Waals surface area contributed by atoms with Crippen LogP contribution in [0.1, 0.15) is 11.5 Å². The first kappa shape index (κ1) is 35.7. The third-order valence-corrected chi connectivity index (χ3v) is 13.5. The fourth-order valence-electron chi connectivity index (χ4n) is 10.5. The van der Waals surface area contributed by atoms with E-state index in [1.165, 1.54) is 110 Å². The van der Waals surface area contributed by atoms with E-state index in [1.807, 2.05) is 0 Å². The van der Waals surface area contributed by atoms with Gasteiger partial charge in [-0.05, 0) is 147 Å². The van der Waals surface area contributed by atoms with Crippen LogP contribution in [0.2, 0.25) is 0 Å². The number of hydrogen-bond donors (Lipinski definition) is 0. The highest BCUT2D eigenvalue weighted by Gasteiger charge is 2.34. The lowest BCUT2D eigenvalue weighted by Gasteiger charge is -2.20. The van der Waals surface area contributed by atoms with Gasteiger partial charge in [0.05, 0.1) is 0 Å². The summed E-state index contributed by atoms with van der Waals surface area (Å²) in [7, 11) is 0. The largest absolute Gasteiger partial charge is 0.484 e. The second-order valence-electron chi connectivity index (χ2n) is 17.1. The Kier molecular flexibility index (Phi) is 8.11. The predicted molar refractivity (Wildman–Crippen MR) is 267 cm³/mol. The van der Waals surface area contributed by atoms with Gasteiger partial charge in [0.15, 0.2) is 0 Å². The molecule has 13 rings (SSSR count). The molecule has 0 radical (unpaired) electrons. The summed E-state index contributed by atoms with van der Waals surface area (Å²) >= 11 is 0. The molecule has 1 heterocycles. The number of rotatable bonds is 5. The zero-order valence-corrected chi connectivity index (χ0v) is 34.5. The fourth-order valence-corrected chi connectivity index (χ4v) is 10.5. The van der Waals surface area contributed by atoms with Gasteiger partial charge in [0, 0.05) is 16.9 Å². The van der Waals surface area contributed by atoms with E-state index >= 15 is 0 Å². The van der Waals surface area contributed by atoms with E-state index in [-0.39, 0.29) is 12.0 Å². The number of benzene rings is 11. The van der Waals surface area contributed by atoms with Crippen LogP contribution in [0.15, 0.2) is 231 Å². The molecule has 1 heteroatoms. The third kappa shape index (κ3) is 5.85. The minimum Gasteiger partial charge on any atom is -0.484 e. The van der Waals surface area contributed by atoms with E-state index < -0.39 is 0 Å². The maximum atomic E-state index is 6.67.